The summed E-state index contributed by atoms with van der Waals surface area (Å²) in [5, 5.41) is 2.42. The molecule has 32 heavy (non-hydrogen) atoms. The summed E-state index contributed by atoms with van der Waals surface area (Å²) < 4.78 is 77.8. The molecule has 1 saturated heterocycles. The van der Waals surface area contributed by atoms with Crippen LogP contribution in [-0.4, -0.2) is 41.3 Å². The highest BCUT2D eigenvalue weighted by Gasteiger charge is 2.37. The van der Waals surface area contributed by atoms with Gasteiger partial charge in [0.2, 0.25) is 0 Å². The molecule has 1 aliphatic heterocycles. The van der Waals surface area contributed by atoms with Crippen molar-refractivity contribution < 1.29 is 35.9 Å². The summed E-state index contributed by atoms with van der Waals surface area (Å²) in [6.45, 7) is 0.917. The topological polar surface area (TPSA) is 62.3 Å². The van der Waals surface area contributed by atoms with Gasteiger partial charge in [0.1, 0.15) is 0 Å². The highest BCUT2D eigenvalue weighted by atomic mass is 19.4. The third kappa shape index (κ3) is 5.77. The average Bonchev–Trinajstić information content (AvgIpc) is 2.76. The Labute approximate surface area is 179 Å². The highest BCUT2D eigenvalue weighted by molar-refractivity contribution is 5.95. The molecule has 2 aromatic rings. The number of amides is 2. The van der Waals surface area contributed by atoms with Crippen LogP contribution in [0.5, 0.6) is 0 Å². The summed E-state index contributed by atoms with van der Waals surface area (Å²) >= 11 is 0. The summed E-state index contributed by atoms with van der Waals surface area (Å²) in [5.74, 6) is -1.23. The fourth-order valence-electron chi connectivity index (χ4n) is 3.44. The Morgan fingerprint density at radius 1 is 0.906 bits per heavy atom. The van der Waals surface area contributed by atoms with Crippen molar-refractivity contribution in [2.75, 3.05) is 19.6 Å². The van der Waals surface area contributed by atoms with Crippen LogP contribution in [0.25, 0.3) is 0 Å². The third-order valence-electron chi connectivity index (χ3n) is 5.23. The maximum atomic E-state index is 13.0. The minimum Gasteiger partial charge on any atom is -0.352 e. The number of nitrogens with one attached hydrogen (secondary N) is 1. The number of pyridine rings is 1. The van der Waals surface area contributed by atoms with Crippen molar-refractivity contribution >= 4 is 11.8 Å². The lowest BCUT2D eigenvalue weighted by atomic mass is 9.96. The second-order valence-corrected chi connectivity index (χ2v) is 7.48. The number of carbonyl (C=O) groups excluding carboxylic acids is 2. The zero-order valence-electron chi connectivity index (χ0n) is 16.6. The normalized spacial score (nSPS) is 15.5. The van der Waals surface area contributed by atoms with Crippen molar-refractivity contribution in [1.29, 1.82) is 0 Å². The zero-order chi connectivity index (χ0) is 23.5. The van der Waals surface area contributed by atoms with Gasteiger partial charge in [-0.1, -0.05) is 0 Å². The van der Waals surface area contributed by atoms with Crippen molar-refractivity contribution in [2.24, 2.45) is 5.92 Å². The predicted molar refractivity (Wildman–Crippen MR) is 102 cm³/mol. The number of benzene rings is 1. The van der Waals surface area contributed by atoms with Gasteiger partial charge < -0.3 is 10.2 Å². The summed E-state index contributed by atoms with van der Waals surface area (Å²) in [6, 6.07) is 3.98. The smallest absolute Gasteiger partial charge is 0.352 e. The summed E-state index contributed by atoms with van der Waals surface area (Å²) in [5.41, 5.74) is -3.30. The molecule has 1 fully saturated rings. The van der Waals surface area contributed by atoms with E-state index in [1.165, 1.54) is 12.4 Å². The van der Waals surface area contributed by atoms with E-state index >= 15 is 0 Å². The van der Waals surface area contributed by atoms with E-state index in [9.17, 15) is 35.9 Å². The molecule has 2 heterocycles. The zero-order valence-corrected chi connectivity index (χ0v) is 16.6. The maximum absolute atomic E-state index is 13.0. The van der Waals surface area contributed by atoms with Crippen LogP contribution in [0, 0.1) is 5.92 Å². The molecule has 3 rings (SSSR count). The molecule has 0 radical (unpaired) electrons. The van der Waals surface area contributed by atoms with Gasteiger partial charge in [-0.2, -0.15) is 26.3 Å². The Morgan fingerprint density at radius 2 is 1.44 bits per heavy atom. The lowest BCUT2D eigenvalue weighted by molar-refractivity contribution is -0.143. The number of likely N-dealkylation sites (tertiary alicyclic amines) is 1. The lowest BCUT2D eigenvalue weighted by Crippen LogP contribution is -2.41. The molecule has 1 aromatic carbocycles. The second-order valence-electron chi connectivity index (χ2n) is 7.48. The van der Waals surface area contributed by atoms with Gasteiger partial charge in [0.15, 0.2) is 0 Å². The molecular weight excluding hydrogens is 440 g/mol. The molecule has 172 valence electrons. The van der Waals surface area contributed by atoms with E-state index in [1.54, 1.807) is 17.0 Å². The highest BCUT2D eigenvalue weighted by Crippen LogP contribution is 2.36. The summed E-state index contributed by atoms with van der Waals surface area (Å²) in [6.07, 6.45) is -5.96. The number of alkyl halides is 6. The van der Waals surface area contributed by atoms with E-state index < -0.39 is 35.0 Å². The maximum Gasteiger partial charge on any atom is 0.416 e. The molecule has 5 nitrogen and oxygen atoms in total. The van der Waals surface area contributed by atoms with Crippen molar-refractivity contribution in [3.05, 3.63) is 65.0 Å². The van der Waals surface area contributed by atoms with Crippen molar-refractivity contribution in [3.8, 4) is 0 Å². The average molecular weight is 459 g/mol. The molecule has 0 atom stereocenters. The lowest BCUT2D eigenvalue weighted by Gasteiger charge is -2.32. The van der Waals surface area contributed by atoms with Crippen molar-refractivity contribution in [3.63, 3.8) is 0 Å². The Morgan fingerprint density at radius 3 is 1.94 bits per heavy atom. The van der Waals surface area contributed by atoms with Crippen LogP contribution in [0.4, 0.5) is 26.3 Å². The third-order valence-corrected chi connectivity index (χ3v) is 5.23. The van der Waals surface area contributed by atoms with Crippen LogP contribution in [0.15, 0.2) is 42.7 Å². The number of rotatable bonds is 4. The van der Waals surface area contributed by atoms with Gasteiger partial charge in [0, 0.05) is 43.2 Å². The minimum absolute atomic E-state index is 0.0215. The largest absolute Gasteiger partial charge is 0.416 e. The SMILES string of the molecule is O=C(NCC1CCN(C(=O)c2ccncc2)CC1)c1cc(C(F)(F)F)cc(C(F)(F)F)c1. The van der Waals surface area contributed by atoms with Crippen LogP contribution < -0.4 is 5.32 Å². The molecule has 1 aromatic heterocycles. The number of halogens is 6. The summed E-state index contributed by atoms with van der Waals surface area (Å²) in [4.78, 5) is 30.2. The molecule has 11 heteroatoms. The van der Waals surface area contributed by atoms with Crippen molar-refractivity contribution in [2.45, 2.75) is 25.2 Å². The Hall–Kier alpha value is -3.11. The second kappa shape index (κ2) is 9.17. The number of carbonyl (C=O) groups is 2. The first-order valence-corrected chi connectivity index (χ1v) is 9.72. The van der Waals surface area contributed by atoms with Gasteiger partial charge in [0.05, 0.1) is 11.1 Å². The molecular formula is C21H19F6N3O2. The van der Waals surface area contributed by atoms with Crippen LogP contribution in [0.3, 0.4) is 0 Å². The van der Waals surface area contributed by atoms with Gasteiger partial charge >= 0.3 is 12.4 Å². The molecule has 0 saturated carbocycles. The number of hydrogen-bond donors (Lipinski definition) is 1. The Kier molecular flexibility index (Phi) is 6.75. The van der Waals surface area contributed by atoms with Crippen LogP contribution >= 0.6 is 0 Å². The first kappa shape index (κ1) is 23.6. The monoisotopic (exact) mass is 459 g/mol. The quantitative estimate of drug-likeness (QED) is 0.690. The first-order valence-electron chi connectivity index (χ1n) is 9.72. The molecule has 0 bridgehead atoms. The fourth-order valence-corrected chi connectivity index (χ4v) is 3.44. The first-order chi connectivity index (χ1) is 14.9. The minimum atomic E-state index is -5.02. The molecule has 1 N–H and O–H groups in total. The van der Waals surface area contributed by atoms with E-state index in [0.29, 0.717) is 43.6 Å². The standard InChI is InChI=1S/C21H19F6N3O2/c22-20(23,24)16-9-15(10-17(11-16)21(25,26)27)18(31)29-12-13-3-7-30(8-4-13)19(32)14-1-5-28-6-2-14/h1-2,5-6,9-11,13H,3-4,7-8,12H2,(H,29,31). The molecule has 0 unspecified atom stereocenters. The number of hydrogen-bond acceptors (Lipinski definition) is 3. The van der Waals surface area contributed by atoms with Gasteiger partial charge in [-0.15, -0.1) is 0 Å². The van der Waals surface area contributed by atoms with E-state index in [-0.39, 0.29) is 24.4 Å². The van der Waals surface area contributed by atoms with Crippen LogP contribution in [0.1, 0.15) is 44.7 Å². The van der Waals surface area contributed by atoms with E-state index in [4.69, 9.17) is 0 Å². The van der Waals surface area contributed by atoms with Crippen LogP contribution in [-0.2, 0) is 12.4 Å². The number of nitrogens with zero attached hydrogens (tertiary/aromatic N) is 2. The number of aromatic nitrogens is 1. The van der Waals surface area contributed by atoms with Crippen molar-refractivity contribution in [1.82, 2.24) is 15.2 Å². The number of piperidine rings is 1. The van der Waals surface area contributed by atoms with E-state index in [2.05, 4.69) is 10.3 Å². The Balaban J connectivity index is 1.60. The summed E-state index contributed by atoms with van der Waals surface area (Å²) in [7, 11) is 0. The van der Waals surface area contributed by atoms with Gasteiger partial charge in [-0.05, 0) is 49.1 Å². The fraction of sp³-hybridized carbons (Fsp3) is 0.381. The molecule has 1 aliphatic rings. The van der Waals surface area contributed by atoms with Gasteiger partial charge in [0.25, 0.3) is 11.8 Å². The van der Waals surface area contributed by atoms with E-state index in [1.807, 2.05) is 0 Å². The predicted octanol–water partition coefficient (Wildman–Crippen LogP) is 4.40. The molecule has 2 amide bonds. The Bertz CT molecular complexity index is 935. The molecule has 0 aliphatic carbocycles. The van der Waals surface area contributed by atoms with E-state index in [0.717, 1.165) is 0 Å². The van der Waals surface area contributed by atoms with Gasteiger partial charge in [-0.3, -0.25) is 14.6 Å². The molecule has 0 spiro atoms. The van der Waals surface area contributed by atoms with Crippen LogP contribution in [0.2, 0.25) is 0 Å². The van der Waals surface area contributed by atoms with Gasteiger partial charge in [-0.25, -0.2) is 0 Å².